The van der Waals surface area contributed by atoms with Crippen LogP contribution in [0.5, 0.6) is 0 Å². The smallest absolute Gasteiger partial charge is 0 e. The Morgan fingerprint density at radius 3 is 1.00 bits per heavy atom. The number of rotatable bonds is 0. The molecule has 5 radical (unpaired) electrons. The summed E-state index contributed by atoms with van der Waals surface area (Å²) in [5.74, 6) is 0. The van der Waals surface area contributed by atoms with Crippen molar-refractivity contribution in [3.05, 3.63) is 0 Å². The Bertz CT molecular complexity index is 8.00. The molecule has 0 bridgehead atoms. The van der Waals surface area contributed by atoms with Crippen molar-refractivity contribution in [2.45, 2.75) is 0 Å². The molecular formula is H2CoOSiW. The summed E-state index contributed by atoms with van der Waals surface area (Å²) in [6, 6.07) is 0. The van der Waals surface area contributed by atoms with Crippen LogP contribution < -0.4 is 0 Å². The molecule has 0 aliphatic carbocycles. The van der Waals surface area contributed by atoms with E-state index in [9.17, 15) is 0 Å². The Morgan fingerprint density at radius 2 is 1.00 bits per heavy atom. The van der Waals surface area contributed by atoms with Gasteiger partial charge in [-0.2, -0.15) is 0 Å². The Balaban J connectivity index is 0. The van der Waals surface area contributed by atoms with E-state index in [4.69, 9.17) is 0 Å². The standard InChI is InChI=1S/Co.H2O.Si.W/h;1H2;;. The fourth-order valence-corrected chi connectivity index (χ4v) is 0. The van der Waals surface area contributed by atoms with E-state index in [0.717, 1.165) is 0 Å². The Morgan fingerprint density at radius 1 is 1.00 bits per heavy atom. The van der Waals surface area contributed by atoms with E-state index in [1.54, 1.807) is 0 Å². The van der Waals surface area contributed by atoms with Gasteiger partial charge >= 0.3 is 0 Å². The molecule has 0 rings (SSSR count). The van der Waals surface area contributed by atoms with Crippen LogP contribution in [0.2, 0.25) is 0 Å². The maximum atomic E-state index is 0. The van der Waals surface area contributed by atoms with Gasteiger partial charge in [-0.3, -0.25) is 0 Å². The summed E-state index contributed by atoms with van der Waals surface area (Å²) >= 11 is 0. The summed E-state index contributed by atoms with van der Waals surface area (Å²) < 4.78 is 0. The van der Waals surface area contributed by atoms with Crippen LogP contribution in [-0.4, -0.2) is 16.4 Å². The minimum absolute atomic E-state index is 0. The van der Waals surface area contributed by atoms with Gasteiger partial charge in [0.1, 0.15) is 0 Å². The molecule has 0 aromatic rings. The molecule has 0 amide bonds. The molecule has 0 saturated heterocycles. The first-order chi connectivity index (χ1) is 0. The molecule has 0 saturated carbocycles. The fraction of sp³-hybridized carbons (Fsp3) is 0. The van der Waals surface area contributed by atoms with Gasteiger partial charge in [0.05, 0.1) is 0 Å². The van der Waals surface area contributed by atoms with Crippen molar-refractivity contribution >= 4 is 11.0 Å². The average Bonchev–Trinajstić information content (AvgIpc) is 0. The molecule has 2 N–H and O–H groups in total. The minimum Gasteiger partial charge on any atom is -0.412 e. The third kappa shape index (κ3) is 10.1. The van der Waals surface area contributed by atoms with Gasteiger partial charge in [0.2, 0.25) is 0 Å². The predicted molar refractivity (Wildman–Crippen MR) is 9.37 cm³/mol. The van der Waals surface area contributed by atoms with E-state index in [2.05, 4.69) is 0 Å². The van der Waals surface area contributed by atoms with E-state index >= 15 is 0 Å². The van der Waals surface area contributed by atoms with Crippen LogP contribution in [0.15, 0.2) is 0 Å². The Kier molecular flexibility index (Phi) is 360. The van der Waals surface area contributed by atoms with Gasteiger partial charge in [-0.1, -0.05) is 0 Å². The molecule has 27 valence electrons. The molecule has 4 heavy (non-hydrogen) atoms. The van der Waals surface area contributed by atoms with Crippen LogP contribution in [-0.2, 0) is 37.8 Å². The second-order valence-electron chi connectivity index (χ2n) is 0. The predicted octanol–water partition coefficient (Wildman–Crippen LogP) is -1.21. The van der Waals surface area contributed by atoms with Gasteiger partial charge in [0.15, 0.2) is 0 Å². The largest absolute Gasteiger partial charge is 0.412 e. The van der Waals surface area contributed by atoms with Crippen molar-refractivity contribution in [3.63, 3.8) is 0 Å². The molecule has 1 nitrogen and oxygen atoms in total. The van der Waals surface area contributed by atoms with Gasteiger partial charge in [-0.15, -0.1) is 0 Å². The van der Waals surface area contributed by atoms with Crippen molar-refractivity contribution in [3.8, 4) is 0 Å². The van der Waals surface area contributed by atoms with Gasteiger partial charge < -0.3 is 5.48 Å². The maximum absolute atomic E-state index is 0. The quantitative estimate of drug-likeness (QED) is 0.501. The molecule has 4 heteroatoms. The zero-order valence-corrected chi connectivity index (χ0v) is 6.72. The minimum atomic E-state index is 0. The topological polar surface area (TPSA) is 31.5 Å². The fourth-order valence-electron chi connectivity index (χ4n) is 0. The molecule has 0 atom stereocenters. The third-order valence-corrected chi connectivity index (χ3v) is 0. The van der Waals surface area contributed by atoms with Gasteiger partial charge in [-0.25, -0.2) is 0 Å². The van der Waals surface area contributed by atoms with Gasteiger partial charge in [0, 0.05) is 48.8 Å². The summed E-state index contributed by atoms with van der Waals surface area (Å²) in [4.78, 5) is 0. The van der Waals surface area contributed by atoms with Crippen LogP contribution in [0.25, 0.3) is 0 Å². The van der Waals surface area contributed by atoms with Crippen LogP contribution in [0.4, 0.5) is 0 Å². The second kappa shape index (κ2) is 26.4. The van der Waals surface area contributed by atoms with Crippen LogP contribution in [0.1, 0.15) is 0 Å². The summed E-state index contributed by atoms with van der Waals surface area (Å²) in [6.07, 6.45) is 0. The molecule has 0 heterocycles. The van der Waals surface area contributed by atoms with Crippen molar-refractivity contribution < 1.29 is 43.3 Å². The van der Waals surface area contributed by atoms with E-state index in [0.29, 0.717) is 0 Å². The number of hydrogen-bond donors (Lipinski definition) is 0. The third-order valence-electron chi connectivity index (χ3n) is 0. The van der Waals surface area contributed by atoms with Gasteiger partial charge in [0.25, 0.3) is 0 Å². The first kappa shape index (κ1) is 54.6. The zero-order valence-electron chi connectivity index (χ0n) is 1.74. The van der Waals surface area contributed by atoms with Crippen molar-refractivity contribution in [2.24, 2.45) is 0 Å². The molecular weight excluding hydrogens is 287 g/mol. The molecule has 0 aliphatic heterocycles. The van der Waals surface area contributed by atoms with E-state index in [1.807, 2.05) is 0 Å². The van der Waals surface area contributed by atoms with Crippen LogP contribution in [0, 0.1) is 0 Å². The molecule has 0 unspecified atom stereocenters. The zero-order chi connectivity index (χ0) is 0. The van der Waals surface area contributed by atoms with Crippen LogP contribution >= 0.6 is 0 Å². The van der Waals surface area contributed by atoms with Crippen molar-refractivity contribution in [1.29, 1.82) is 0 Å². The summed E-state index contributed by atoms with van der Waals surface area (Å²) in [6.45, 7) is 0. The molecule has 0 fully saturated rings. The second-order valence-corrected chi connectivity index (χ2v) is 0. The summed E-state index contributed by atoms with van der Waals surface area (Å²) in [5.41, 5.74) is 0. The number of hydrogen-bond acceptors (Lipinski definition) is 0. The Hall–Kier alpha value is 1.37. The van der Waals surface area contributed by atoms with Crippen LogP contribution in [0.3, 0.4) is 0 Å². The van der Waals surface area contributed by atoms with E-state index in [-0.39, 0.29) is 54.3 Å². The van der Waals surface area contributed by atoms with E-state index in [1.165, 1.54) is 0 Å². The molecule has 0 aromatic carbocycles. The summed E-state index contributed by atoms with van der Waals surface area (Å²) in [7, 11) is 0. The SMILES string of the molecule is O.[Co].[Si].[W]. The monoisotopic (exact) mass is 289 g/mol. The summed E-state index contributed by atoms with van der Waals surface area (Å²) in [5, 5.41) is 0. The maximum Gasteiger partial charge on any atom is 0 e. The first-order valence-electron chi connectivity index (χ1n) is 0. The van der Waals surface area contributed by atoms with Crippen molar-refractivity contribution in [2.75, 3.05) is 0 Å². The Labute approximate surface area is 54.3 Å². The average molecular weight is 289 g/mol. The molecule has 0 aromatic heterocycles. The van der Waals surface area contributed by atoms with Crippen molar-refractivity contribution in [1.82, 2.24) is 0 Å². The normalized spacial score (nSPS) is 0. The molecule has 0 aliphatic rings. The first-order valence-corrected chi connectivity index (χ1v) is 0. The van der Waals surface area contributed by atoms with Gasteiger partial charge in [-0.05, 0) is 0 Å². The van der Waals surface area contributed by atoms with E-state index < -0.39 is 0 Å². The molecule has 0 spiro atoms.